The largest absolute Gasteiger partial charge is 0.506 e. The molecule has 0 spiro atoms. The predicted molar refractivity (Wildman–Crippen MR) is 84.5 cm³/mol. The Bertz CT molecular complexity index is 767. The van der Waals surface area contributed by atoms with E-state index in [4.69, 9.17) is 11.6 Å². The topological polar surface area (TPSA) is 49.7 Å². The normalized spacial score (nSPS) is 13.2. The zero-order valence-electron chi connectivity index (χ0n) is 11.3. The van der Waals surface area contributed by atoms with E-state index in [9.17, 15) is 23.1 Å². The first-order valence-electron chi connectivity index (χ1n) is 6.18. The van der Waals surface area contributed by atoms with E-state index in [0.29, 0.717) is 6.21 Å². The minimum atomic E-state index is -5.13. The van der Waals surface area contributed by atoms with Gasteiger partial charge in [-0.25, -0.2) is 0 Å². The first kappa shape index (κ1) is 17.2. The number of aliphatic hydroxyl groups excluding tert-OH is 1. The van der Waals surface area contributed by atoms with Gasteiger partial charge in [0.2, 0.25) is 0 Å². The lowest BCUT2D eigenvalue weighted by Crippen LogP contribution is -2.26. The first-order valence-corrected chi connectivity index (χ1v) is 7.43. The quantitative estimate of drug-likeness (QED) is 0.463. The standard InChI is InChI=1S/C15H9ClF3NO2S/c16-10-4-1-2-5-11(10)20-8-9(14(22)15(17,18)19)13(21)12-6-3-7-23-12/h1-8,21H. The number of hydrogen-bond donors (Lipinski definition) is 1. The number of hydrogen-bond acceptors (Lipinski definition) is 4. The summed E-state index contributed by atoms with van der Waals surface area (Å²) in [6, 6.07) is 9.12. The second-order valence-electron chi connectivity index (χ2n) is 4.28. The molecule has 23 heavy (non-hydrogen) atoms. The number of benzene rings is 1. The predicted octanol–water partition coefficient (Wildman–Crippen LogP) is 5.20. The Morgan fingerprint density at radius 2 is 1.91 bits per heavy atom. The number of para-hydroxylation sites is 1. The zero-order valence-corrected chi connectivity index (χ0v) is 12.9. The van der Waals surface area contributed by atoms with E-state index in [2.05, 4.69) is 4.99 Å². The highest BCUT2D eigenvalue weighted by atomic mass is 35.5. The monoisotopic (exact) mass is 359 g/mol. The van der Waals surface area contributed by atoms with Gasteiger partial charge in [-0.15, -0.1) is 11.3 Å². The number of rotatable bonds is 4. The molecule has 0 amide bonds. The van der Waals surface area contributed by atoms with Crippen LogP contribution in [-0.4, -0.2) is 23.3 Å². The van der Waals surface area contributed by atoms with Gasteiger partial charge < -0.3 is 5.11 Å². The summed E-state index contributed by atoms with van der Waals surface area (Å²) in [5.74, 6) is -2.96. The molecule has 0 radical (unpaired) electrons. The number of carbonyl (C=O) groups is 1. The first-order chi connectivity index (χ1) is 10.8. The van der Waals surface area contributed by atoms with Crippen molar-refractivity contribution in [2.24, 2.45) is 4.99 Å². The molecule has 0 fully saturated rings. The molecule has 1 aromatic heterocycles. The maximum atomic E-state index is 12.7. The second-order valence-corrected chi connectivity index (χ2v) is 5.63. The molecule has 0 saturated carbocycles. The van der Waals surface area contributed by atoms with Gasteiger partial charge in [0.15, 0.2) is 0 Å². The molecule has 0 saturated heterocycles. The number of aliphatic hydroxyl groups is 1. The fraction of sp³-hybridized carbons (Fsp3) is 0.0667. The molecule has 8 heteroatoms. The van der Waals surface area contributed by atoms with E-state index < -0.39 is 23.3 Å². The molecule has 0 aliphatic heterocycles. The smallest absolute Gasteiger partial charge is 0.455 e. The molecular formula is C15H9ClF3NO2S. The Labute approximate surface area is 138 Å². The summed E-state index contributed by atoms with van der Waals surface area (Å²) in [5.41, 5.74) is -0.763. The number of thiophene rings is 1. The number of aliphatic imine (C=N–C) groups is 1. The van der Waals surface area contributed by atoms with Crippen molar-refractivity contribution in [2.75, 3.05) is 0 Å². The number of ketones is 1. The van der Waals surface area contributed by atoms with Crippen LogP contribution < -0.4 is 0 Å². The minimum Gasteiger partial charge on any atom is -0.506 e. The lowest BCUT2D eigenvalue weighted by molar-refractivity contribution is -0.165. The highest BCUT2D eigenvalue weighted by molar-refractivity contribution is 7.11. The maximum Gasteiger partial charge on any atom is 0.455 e. The summed E-state index contributed by atoms with van der Waals surface area (Å²) in [6.07, 6.45) is -4.46. The highest BCUT2D eigenvalue weighted by Gasteiger charge is 2.41. The van der Waals surface area contributed by atoms with Crippen molar-refractivity contribution >= 4 is 46.4 Å². The summed E-state index contributed by atoms with van der Waals surface area (Å²) >= 11 is 6.86. The molecule has 0 bridgehead atoms. The molecule has 3 nitrogen and oxygen atoms in total. The average molecular weight is 360 g/mol. The molecule has 1 heterocycles. The van der Waals surface area contributed by atoms with Gasteiger partial charge in [0.25, 0.3) is 5.78 Å². The Morgan fingerprint density at radius 3 is 2.48 bits per heavy atom. The van der Waals surface area contributed by atoms with Gasteiger partial charge >= 0.3 is 6.18 Å². The Kier molecular flexibility index (Phi) is 5.23. The average Bonchev–Trinajstić information content (AvgIpc) is 3.02. The summed E-state index contributed by atoms with van der Waals surface area (Å²) in [7, 11) is 0. The number of alkyl halides is 3. The van der Waals surface area contributed by atoms with E-state index in [1.807, 2.05) is 0 Å². The number of halogens is 4. The van der Waals surface area contributed by atoms with Crippen LogP contribution in [0.3, 0.4) is 0 Å². The molecule has 120 valence electrons. The van der Waals surface area contributed by atoms with Crippen molar-refractivity contribution in [1.82, 2.24) is 0 Å². The lowest BCUT2D eigenvalue weighted by atomic mass is 10.1. The van der Waals surface area contributed by atoms with Gasteiger partial charge in [-0.05, 0) is 23.6 Å². The van der Waals surface area contributed by atoms with Crippen LogP contribution in [-0.2, 0) is 4.79 Å². The molecular weight excluding hydrogens is 351 g/mol. The summed E-state index contributed by atoms with van der Waals surface area (Å²) in [6.45, 7) is 0. The molecule has 0 aliphatic carbocycles. The summed E-state index contributed by atoms with van der Waals surface area (Å²) < 4.78 is 38.2. The Morgan fingerprint density at radius 1 is 1.22 bits per heavy atom. The van der Waals surface area contributed by atoms with Gasteiger partial charge in [0.05, 0.1) is 21.2 Å². The lowest BCUT2D eigenvalue weighted by Gasteiger charge is -2.08. The Hall–Kier alpha value is -2.12. The number of Topliss-reactive ketones (excluding diaryl/α,β-unsaturated/α-hetero) is 1. The fourth-order valence-electron chi connectivity index (χ4n) is 1.62. The molecule has 0 aliphatic rings. The van der Waals surface area contributed by atoms with Crippen molar-refractivity contribution in [3.63, 3.8) is 0 Å². The van der Waals surface area contributed by atoms with Crippen LogP contribution in [0.2, 0.25) is 5.02 Å². The van der Waals surface area contributed by atoms with Crippen LogP contribution in [0.5, 0.6) is 0 Å². The SMILES string of the molecule is O=C(C(C=Nc1ccccc1Cl)=C(O)c1cccs1)C(F)(F)F. The molecule has 0 unspecified atom stereocenters. The third kappa shape index (κ3) is 4.20. The van der Waals surface area contributed by atoms with Crippen molar-refractivity contribution in [2.45, 2.75) is 6.18 Å². The minimum absolute atomic E-state index is 0.128. The molecule has 2 aromatic rings. The number of carbonyl (C=O) groups excluding carboxylic acids is 1. The van der Waals surface area contributed by atoms with Gasteiger partial charge in [0, 0.05) is 6.21 Å². The van der Waals surface area contributed by atoms with Crippen LogP contribution in [0, 0.1) is 0 Å². The molecule has 2 rings (SSSR count). The van der Waals surface area contributed by atoms with Gasteiger partial charge in [-0.1, -0.05) is 29.8 Å². The molecule has 0 atom stereocenters. The van der Waals surface area contributed by atoms with Gasteiger partial charge in [-0.2, -0.15) is 13.2 Å². The van der Waals surface area contributed by atoms with E-state index in [-0.39, 0.29) is 15.6 Å². The van der Waals surface area contributed by atoms with E-state index >= 15 is 0 Å². The number of nitrogens with zero attached hydrogens (tertiary/aromatic N) is 1. The van der Waals surface area contributed by atoms with Crippen LogP contribution in [0.25, 0.3) is 5.76 Å². The third-order valence-electron chi connectivity index (χ3n) is 2.70. The van der Waals surface area contributed by atoms with E-state index in [0.717, 1.165) is 11.3 Å². The van der Waals surface area contributed by atoms with Crippen molar-refractivity contribution in [1.29, 1.82) is 0 Å². The van der Waals surface area contributed by atoms with Crippen molar-refractivity contribution in [3.05, 3.63) is 57.3 Å². The maximum absolute atomic E-state index is 12.7. The van der Waals surface area contributed by atoms with Crippen LogP contribution >= 0.6 is 22.9 Å². The Balaban J connectivity index is 2.49. The van der Waals surface area contributed by atoms with E-state index in [1.165, 1.54) is 24.3 Å². The number of allylic oxidation sites excluding steroid dienone is 1. The van der Waals surface area contributed by atoms with Gasteiger partial charge in [0.1, 0.15) is 5.76 Å². The van der Waals surface area contributed by atoms with Gasteiger partial charge in [-0.3, -0.25) is 9.79 Å². The van der Waals surface area contributed by atoms with E-state index in [1.54, 1.807) is 17.5 Å². The van der Waals surface area contributed by atoms with Crippen LogP contribution in [0.15, 0.2) is 52.3 Å². The summed E-state index contributed by atoms with van der Waals surface area (Å²) in [4.78, 5) is 15.5. The second kappa shape index (κ2) is 6.97. The van der Waals surface area contributed by atoms with Crippen molar-refractivity contribution in [3.8, 4) is 0 Å². The fourth-order valence-corrected chi connectivity index (χ4v) is 2.48. The highest BCUT2D eigenvalue weighted by Crippen LogP contribution is 2.28. The molecule has 1 N–H and O–H groups in total. The van der Waals surface area contributed by atoms with Crippen molar-refractivity contribution < 1.29 is 23.1 Å². The van der Waals surface area contributed by atoms with Crippen LogP contribution in [0.4, 0.5) is 18.9 Å². The van der Waals surface area contributed by atoms with Crippen LogP contribution in [0.1, 0.15) is 4.88 Å². The molecule has 1 aromatic carbocycles. The summed E-state index contributed by atoms with van der Waals surface area (Å²) in [5, 5.41) is 11.8. The third-order valence-corrected chi connectivity index (χ3v) is 3.89. The zero-order chi connectivity index (χ0) is 17.0.